The highest BCUT2D eigenvalue weighted by molar-refractivity contribution is 5.32. The molecule has 40 atom stereocenters. The van der Waals surface area contributed by atoms with Gasteiger partial charge in [0.1, 0.15) is 146 Å². The highest BCUT2D eigenvalue weighted by Crippen LogP contribution is 2.75. The highest BCUT2D eigenvalue weighted by Gasteiger charge is 2.71. The van der Waals surface area contributed by atoms with Gasteiger partial charge in [-0.15, -0.1) is 0 Å². The van der Waals surface area contributed by atoms with E-state index >= 15 is 0 Å². The molecule has 10 aliphatic rings. The third-order valence-electron chi connectivity index (χ3n) is 25.0. The van der Waals surface area contributed by atoms with Gasteiger partial charge in [-0.05, 0) is 99.7 Å². The summed E-state index contributed by atoms with van der Waals surface area (Å²) in [6.45, 7) is 11.3. The standard InChI is InChI=1S/C66H112O34/c1-24(9-13-37(63(4,5)88)98-61-55(100-59-53(87)47(81)41(75)31(21-70)94-59)49(83)43(77)33(96-61)23-90-57-51(85)45(79)39(73)29(19-68)92-57)25-15-16-64(6)34-12-10-26-27(66(34,8)35(71)17-65(25,64)7)11-14-36(62(26,2)3)97-60-54(99-58-52(86)46(80)40(74)30(20-69)93-58)48(82)42(76)32(95-60)22-89-56-50(84)44(78)38(72)28(18-67)91-56/h10,24-25,27-61,67-88H,9,11-23H2,1-8H3/t24-,25?,27?,28-,29-,30-,31-,32-,33-,34?,35-,36+,37-,38-,39-,40-,41-,42-,43-,44+,45+,46+,47+,48+,49+,50-,51-,52-,53-,54-,55-,56-,57-,58+,59+,60+,61+,64+,65-,66+/m1/s1. The zero-order valence-electron chi connectivity index (χ0n) is 57.6. The van der Waals surface area contributed by atoms with Crippen LogP contribution in [0.2, 0.25) is 0 Å². The van der Waals surface area contributed by atoms with Crippen LogP contribution in [-0.4, -0.2) is 360 Å². The average molecular weight is 1450 g/mol. The Morgan fingerprint density at radius 2 is 0.860 bits per heavy atom. The lowest BCUT2D eigenvalue weighted by Gasteiger charge is -2.67. The second kappa shape index (κ2) is 31.5. The van der Waals surface area contributed by atoms with E-state index in [4.69, 9.17) is 56.8 Å². The Kier molecular flexibility index (Phi) is 25.5. The topological polar surface area (TPSA) is 556 Å². The van der Waals surface area contributed by atoms with Crippen molar-refractivity contribution < 1.29 is 169 Å². The fourth-order valence-corrected chi connectivity index (χ4v) is 18.5. The van der Waals surface area contributed by atoms with Crippen LogP contribution in [0, 0.1) is 45.3 Å². The molecule has 0 aromatic carbocycles. The van der Waals surface area contributed by atoms with Gasteiger partial charge in [-0.2, -0.15) is 0 Å². The van der Waals surface area contributed by atoms with Crippen LogP contribution in [0.15, 0.2) is 11.6 Å². The molecule has 580 valence electrons. The molecule has 100 heavy (non-hydrogen) atoms. The van der Waals surface area contributed by atoms with Crippen molar-refractivity contribution in [1.29, 1.82) is 0 Å². The van der Waals surface area contributed by atoms with Gasteiger partial charge in [0.05, 0.1) is 63.6 Å². The summed E-state index contributed by atoms with van der Waals surface area (Å²) in [4.78, 5) is 0. The van der Waals surface area contributed by atoms with Crippen molar-refractivity contribution >= 4 is 0 Å². The molecule has 0 radical (unpaired) electrons. The molecule has 3 saturated carbocycles. The molecule has 34 heteroatoms. The molecule has 22 N–H and O–H groups in total. The number of aliphatic hydroxyl groups is 22. The first-order chi connectivity index (χ1) is 46.9. The molecular weight excluding hydrogens is 1340 g/mol. The van der Waals surface area contributed by atoms with Crippen molar-refractivity contribution in [3.8, 4) is 0 Å². The van der Waals surface area contributed by atoms with Crippen LogP contribution in [0.25, 0.3) is 0 Å². The maximum Gasteiger partial charge on any atom is 0.187 e. The van der Waals surface area contributed by atoms with Gasteiger partial charge in [0.15, 0.2) is 37.7 Å². The fraction of sp³-hybridized carbons (Fsp3) is 0.970. The van der Waals surface area contributed by atoms with Crippen LogP contribution in [0.4, 0.5) is 0 Å². The smallest absolute Gasteiger partial charge is 0.187 e. The third-order valence-corrected chi connectivity index (χ3v) is 25.0. The summed E-state index contributed by atoms with van der Waals surface area (Å²) in [6.07, 6.45) is -48.7. The monoisotopic (exact) mass is 1450 g/mol. The minimum atomic E-state index is -1.99. The summed E-state index contributed by atoms with van der Waals surface area (Å²) in [5.74, 6) is -0.322. The Morgan fingerprint density at radius 1 is 0.460 bits per heavy atom. The van der Waals surface area contributed by atoms with Crippen LogP contribution >= 0.6 is 0 Å². The number of ether oxygens (including phenoxy) is 12. The van der Waals surface area contributed by atoms with Crippen LogP contribution in [-0.2, 0) is 56.8 Å². The van der Waals surface area contributed by atoms with Crippen LogP contribution in [0.3, 0.4) is 0 Å². The maximum absolute atomic E-state index is 13.0. The van der Waals surface area contributed by atoms with Crippen molar-refractivity contribution in [2.75, 3.05) is 39.6 Å². The van der Waals surface area contributed by atoms with E-state index in [-0.39, 0.29) is 35.5 Å². The predicted molar refractivity (Wildman–Crippen MR) is 333 cm³/mol. The molecule has 0 amide bonds. The van der Waals surface area contributed by atoms with E-state index in [1.165, 1.54) is 13.8 Å². The van der Waals surface area contributed by atoms with Crippen LogP contribution in [0.5, 0.6) is 0 Å². The second-order valence-electron chi connectivity index (χ2n) is 31.5. The zero-order valence-corrected chi connectivity index (χ0v) is 57.6. The quantitative estimate of drug-likeness (QED) is 0.0423. The molecule has 6 aliphatic heterocycles. The summed E-state index contributed by atoms with van der Waals surface area (Å²) in [5.41, 5.74) is -3.02. The van der Waals surface area contributed by atoms with Crippen LogP contribution in [0.1, 0.15) is 107 Å². The minimum absolute atomic E-state index is 0.00756. The van der Waals surface area contributed by atoms with Gasteiger partial charge in [-0.1, -0.05) is 53.2 Å². The summed E-state index contributed by atoms with van der Waals surface area (Å²) in [5, 5.41) is 239. The van der Waals surface area contributed by atoms with Crippen molar-refractivity contribution in [1.82, 2.24) is 0 Å². The maximum atomic E-state index is 13.0. The number of hydrogen-bond donors (Lipinski definition) is 22. The Hall–Kier alpha value is -1.62. The fourth-order valence-electron chi connectivity index (χ4n) is 18.5. The van der Waals surface area contributed by atoms with Gasteiger partial charge in [0.2, 0.25) is 0 Å². The lowest BCUT2D eigenvalue weighted by atomic mass is 9.38. The van der Waals surface area contributed by atoms with Gasteiger partial charge in [-0.3, -0.25) is 0 Å². The van der Waals surface area contributed by atoms with Crippen molar-refractivity contribution in [2.45, 2.75) is 315 Å². The van der Waals surface area contributed by atoms with Crippen molar-refractivity contribution in [3.05, 3.63) is 11.6 Å². The molecule has 9 fully saturated rings. The van der Waals surface area contributed by atoms with Gasteiger partial charge in [-0.25, -0.2) is 0 Å². The number of fused-ring (bicyclic) bond motifs is 5. The number of aliphatic hydroxyl groups excluding tert-OH is 21. The summed E-state index contributed by atoms with van der Waals surface area (Å²) >= 11 is 0. The van der Waals surface area contributed by atoms with Gasteiger partial charge in [0.25, 0.3) is 0 Å². The lowest BCUT2D eigenvalue weighted by Crippen LogP contribution is -2.66. The number of allylic oxidation sites excluding steroid dienone is 1. The predicted octanol–water partition coefficient (Wildman–Crippen LogP) is -7.58. The zero-order chi connectivity index (χ0) is 73.5. The molecule has 6 saturated heterocycles. The third kappa shape index (κ3) is 14.8. The molecule has 6 heterocycles. The Bertz CT molecular complexity index is 2670. The normalized spacial score (nSPS) is 52.1. The molecule has 3 unspecified atom stereocenters. The van der Waals surface area contributed by atoms with E-state index in [9.17, 15) is 112 Å². The van der Waals surface area contributed by atoms with E-state index in [1.807, 2.05) is 13.8 Å². The van der Waals surface area contributed by atoms with Gasteiger partial charge < -0.3 is 169 Å². The highest BCUT2D eigenvalue weighted by atomic mass is 16.8. The Morgan fingerprint density at radius 3 is 1.30 bits per heavy atom. The average Bonchev–Trinajstić information content (AvgIpc) is 1.33. The molecule has 0 aromatic heterocycles. The number of hydrogen-bond acceptors (Lipinski definition) is 34. The molecular formula is C66H112O34. The first kappa shape index (κ1) is 80.9. The van der Waals surface area contributed by atoms with Gasteiger partial charge in [0, 0.05) is 10.8 Å². The molecule has 0 bridgehead atoms. The van der Waals surface area contributed by atoms with E-state index < -0.39 is 264 Å². The summed E-state index contributed by atoms with van der Waals surface area (Å²) < 4.78 is 72.0. The van der Waals surface area contributed by atoms with Crippen LogP contribution < -0.4 is 0 Å². The van der Waals surface area contributed by atoms with E-state index in [0.717, 1.165) is 18.4 Å². The first-order valence-electron chi connectivity index (χ1n) is 35.1. The van der Waals surface area contributed by atoms with E-state index in [1.54, 1.807) is 0 Å². The lowest BCUT2D eigenvalue weighted by molar-refractivity contribution is -0.380. The molecule has 0 aromatic rings. The SMILES string of the molecule is C[C@H](CC[C@@H](O[C@@H]1O[C@H](CO[C@@H]2O[C@H](CO)[C@@H](O)[C@H](O)[C@H]2O)[C@@H](O)[C@H](O)[C@H]1O[C@@H]1O[C@H](CO)[C@@H](O)[C@H](O)[C@H]1O)C(C)(C)O)C1CC[C@@]2(C)C3CC=C4C(CC[C@H](O[C@@H]5O[C@H](CO[C@@H]6O[C@H](CO)[C@@H](O)[C@H](O)[C@H]6O)[C@@H](O)[C@H](O)[C@H]5O[C@@H]5O[C@H](CO)[C@@H](O)[C@H](O)[C@H]5O)C4(C)C)[C@]3(C)[C@H](O)C[C@]12C. The Labute approximate surface area is 579 Å². The van der Waals surface area contributed by atoms with E-state index in [0.29, 0.717) is 32.1 Å². The summed E-state index contributed by atoms with van der Waals surface area (Å²) in [7, 11) is 0. The largest absolute Gasteiger partial charge is 0.394 e. The molecule has 10 rings (SSSR count). The summed E-state index contributed by atoms with van der Waals surface area (Å²) in [6, 6.07) is 0. The molecule has 4 aliphatic carbocycles. The Balaban J connectivity index is 0.853. The molecule has 34 nitrogen and oxygen atoms in total. The molecule has 0 spiro atoms. The van der Waals surface area contributed by atoms with E-state index in [2.05, 4.69) is 33.8 Å². The first-order valence-corrected chi connectivity index (χ1v) is 35.1. The minimum Gasteiger partial charge on any atom is -0.394 e. The van der Waals surface area contributed by atoms with Crippen molar-refractivity contribution in [2.24, 2.45) is 45.3 Å². The number of rotatable bonds is 23. The van der Waals surface area contributed by atoms with Crippen molar-refractivity contribution in [3.63, 3.8) is 0 Å². The van der Waals surface area contributed by atoms with Gasteiger partial charge >= 0.3 is 0 Å². The second-order valence-corrected chi connectivity index (χ2v) is 31.5.